The van der Waals surface area contributed by atoms with Crippen LogP contribution in [0.15, 0.2) is 24.3 Å². The van der Waals surface area contributed by atoms with Crippen molar-refractivity contribution in [1.29, 1.82) is 0 Å². The van der Waals surface area contributed by atoms with Crippen LogP contribution in [0.3, 0.4) is 0 Å². The predicted molar refractivity (Wildman–Crippen MR) is 102 cm³/mol. The van der Waals surface area contributed by atoms with E-state index in [0.717, 1.165) is 65.9 Å². The predicted octanol–water partition coefficient (Wildman–Crippen LogP) is 2.75. The molecule has 1 aliphatic rings. The third kappa shape index (κ3) is 3.62. The smallest absolute Gasteiger partial charge is 0.130 e. The van der Waals surface area contributed by atoms with Crippen LogP contribution < -0.4 is 15.4 Å². The van der Waals surface area contributed by atoms with Crippen molar-refractivity contribution < 1.29 is 4.74 Å². The minimum Gasteiger partial charge on any atom is -0.497 e. The second kappa shape index (κ2) is 7.29. The number of benzene rings is 1. The van der Waals surface area contributed by atoms with E-state index in [9.17, 15) is 0 Å². The minimum atomic E-state index is 0.511. The molecule has 136 valence electrons. The van der Waals surface area contributed by atoms with Crippen LogP contribution in [0, 0.1) is 6.92 Å². The van der Waals surface area contributed by atoms with Gasteiger partial charge in [0.05, 0.1) is 24.7 Å². The number of aromatic amines is 1. The first kappa shape index (κ1) is 16.8. The second-order valence-corrected chi connectivity index (χ2v) is 6.67. The van der Waals surface area contributed by atoms with Crippen molar-refractivity contribution in [2.75, 3.05) is 25.5 Å². The number of H-pyrrole nitrogens is 1. The molecule has 3 heterocycles. The molecule has 1 saturated heterocycles. The SMILES string of the molecule is COc1ccc2nc(CNc3cc(C4CCNCC4)nc(C)n3)[nH]c2c1. The molecule has 2 aromatic heterocycles. The normalized spacial score (nSPS) is 15.3. The van der Waals surface area contributed by atoms with Gasteiger partial charge in [0.25, 0.3) is 0 Å². The van der Waals surface area contributed by atoms with E-state index in [0.29, 0.717) is 12.5 Å². The molecule has 0 aliphatic carbocycles. The second-order valence-electron chi connectivity index (χ2n) is 6.67. The highest BCUT2D eigenvalue weighted by molar-refractivity contribution is 5.76. The molecule has 1 fully saturated rings. The number of imidazole rings is 1. The summed E-state index contributed by atoms with van der Waals surface area (Å²) < 4.78 is 5.26. The molecule has 0 atom stereocenters. The lowest BCUT2D eigenvalue weighted by Crippen LogP contribution is -2.27. The van der Waals surface area contributed by atoms with Gasteiger partial charge in [0.1, 0.15) is 23.2 Å². The number of methoxy groups -OCH3 is 1. The molecule has 0 radical (unpaired) electrons. The number of ether oxygens (including phenoxy) is 1. The molecule has 7 nitrogen and oxygen atoms in total. The van der Waals surface area contributed by atoms with Crippen LogP contribution in [0.1, 0.15) is 36.1 Å². The molecule has 3 aromatic rings. The summed E-state index contributed by atoms with van der Waals surface area (Å²) in [5.41, 5.74) is 3.03. The number of hydrogen-bond donors (Lipinski definition) is 3. The number of fused-ring (bicyclic) bond motifs is 1. The number of anilines is 1. The summed E-state index contributed by atoms with van der Waals surface area (Å²) in [6, 6.07) is 7.91. The molecule has 0 unspecified atom stereocenters. The van der Waals surface area contributed by atoms with E-state index in [1.54, 1.807) is 7.11 Å². The number of hydrogen-bond acceptors (Lipinski definition) is 6. The zero-order valence-electron chi connectivity index (χ0n) is 15.2. The van der Waals surface area contributed by atoms with Crippen molar-refractivity contribution in [3.8, 4) is 5.75 Å². The molecule has 4 rings (SSSR count). The first-order chi connectivity index (χ1) is 12.7. The lowest BCUT2D eigenvalue weighted by atomic mass is 9.94. The molecule has 26 heavy (non-hydrogen) atoms. The van der Waals surface area contributed by atoms with E-state index in [1.807, 2.05) is 25.1 Å². The molecule has 0 saturated carbocycles. The molecular formula is C19H24N6O. The third-order valence-electron chi connectivity index (χ3n) is 4.79. The van der Waals surface area contributed by atoms with Crippen LogP contribution in [0.2, 0.25) is 0 Å². The number of piperidine rings is 1. The number of nitrogens with one attached hydrogen (secondary N) is 3. The summed E-state index contributed by atoms with van der Waals surface area (Å²) in [7, 11) is 1.66. The average molecular weight is 352 g/mol. The molecular weight excluding hydrogens is 328 g/mol. The lowest BCUT2D eigenvalue weighted by molar-refractivity contribution is 0.415. The van der Waals surface area contributed by atoms with E-state index >= 15 is 0 Å². The van der Waals surface area contributed by atoms with Gasteiger partial charge in [-0.25, -0.2) is 15.0 Å². The minimum absolute atomic E-state index is 0.511. The first-order valence-corrected chi connectivity index (χ1v) is 9.04. The average Bonchev–Trinajstić information content (AvgIpc) is 3.08. The van der Waals surface area contributed by atoms with Gasteiger partial charge in [-0.3, -0.25) is 0 Å². The van der Waals surface area contributed by atoms with Gasteiger partial charge >= 0.3 is 0 Å². The van der Waals surface area contributed by atoms with Crippen molar-refractivity contribution in [2.45, 2.75) is 32.2 Å². The van der Waals surface area contributed by atoms with Crippen LogP contribution in [0.4, 0.5) is 5.82 Å². The van der Waals surface area contributed by atoms with Crippen LogP contribution >= 0.6 is 0 Å². The zero-order valence-corrected chi connectivity index (χ0v) is 15.2. The van der Waals surface area contributed by atoms with Crippen molar-refractivity contribution in [3.05, 3.63) is 41.6 Å². The Labute approximate surface area is 152 Å². The molecule has 0 spiro atoms. The molecule has 3 N–H and O–H groups in total. The van der Waals surface area contributed by atoms with Crippen LogP contribution in [0.25, 0.3) is 11.0 Å². The van der Waals surface area contributed by atoms with E-state index in [4.69, 9.17) is 4.74 Å². The summed E-state index contributed by atoms with van der Waals surface area (Å²) in [6.45, 7) is 4.64. The van der Waals surface area contributed by atoms with E-state index in [2.05, 4.69) is 36.6 Å². The number of aryl methyl sites for hydroxylation is 1. The maximum atomic E-state index is 5.26. The number of aromatic nitrogens is 4. The van der Waals surface area contributed by atoms with Crippen LogP contribution in [0.5, 0.6) is 5.75 Å². The highest BCUT2D eigenvalue weighted by Crippen LogP contribution is 2.25. The Morgan fingerprint density at radius 2 is 2.00 bits per heavy atom. The van der Waals surface area contributed by atoms with Gasteiger partial charge < -0.3 is 20.4 Å². The fraction of sp³-hybridized carbons (Fsp3) is 0.421. The van der Waals surface area contributed by atoms with Gasteiger partial charge in [-0.2, -0.15) is 0 Å². The molecule has 0 amide bonds. The summed E-state index contributed by atoms with van der Waals surface area (Å²) in [5.74, 6) is 3.85. The Morgan fingerprint density at radius 1 is 1.15 bits per heavy atom. The van der Waals surface area contributed by atoms with E-state index < -0.39 is 0 Å². The van der Waals surface area contributed by atoms with Gasteiger partial charge in [0, 0.05) is 23.7 Å². The molecule has 1 aliphatic heterocycles. The van der Waals surface area contributed by atoms with Crippen molar-refractivity contribution in [1.82, 2.24) is 25.3 Å². The van der Waals surface area contributed by atoms with Gasteiger partial charge in [0.15, 0.2) is 0 Å². The molecule has 1 aromatic carbocycles. The third-order valence-corrected chi connectivity index (χ3v) is 4.79. The summed E-state index contributed by atoms with van der Waals surface area (Å²) >= 11 is 0. The quantitative estimate of drug-likeness (QED) is 0.654. The Bertz CT molecular complexity index is 900. The van der Waals surface area contributed by atoms with E-state index in [1.165, 1.54) is 0 Å². The lowest BCUT2D eigenvalue weighted by Gasteiger charge is -2.22. The van der Waals surface area contributed by atoms with Crippen molar-refractivity contribution in [2.24, 2.45) is 0 Å². The van der Waals surface area contributed by atoms with Gasteiger partial charge in [-0.05, 0) is 45.0 Å². The van der Waals surface area contributed by atoms with Gasteiger partial charge in [-0.15, -0.1) is 0 Å². The highest BCUT2D eigenvalue weighted by Gasteiger charge is 2.17. The Morgan fingerprint density at radius 3 is 2.81 bits per heavy atom. The van der Waals surface area contributed by atoms with E-state index in [-0.39, 0.29) is 0 Å². The molecule has 0 bridgehead atoms. The summed E-state index contributed by atoms with van der Waals surface area (Å²) in [4.78, 5) is 17.1. The summed E-state index contributed by atoms with van der Waals surface area (Å²) in [6.07, 6.45) is 2.25. The Balaban J connectivity index is 1.49. The largest absolute Gasteiger partial charge is 0.497 e. The maximum Gasteiger partial charge on any atom is 0.130 e. The Hall–Kier alpha value is -2.67. The topological polar surface area (TPSA) is 87.8 Å². The standard InChI is InChI=1S/C19H24N6O/c1-12-22-16(13-5-7-20-8-6-13)10-18(23-12)21-11-19-24-15-4-3-14(26-2)9-17(15)25-19/h3-4,9-10,13,20H,5-8,11H2,1-2H3,(H,24,25)(H,21,22,23). The zero-order chi connectivity index (χ0) is 17.9. The summed E-state index contributed by atoms with van der Waals surface area (Å²) in [5, 5.41) is 6.78. The monoisotopic (exact) mass is 352 g/mol. The Kier molecular flexibility index (Phi) is 4.71. The fourth-order valence-electron chi connectivity index (χ4n) is 3.43. The van der Waals surface area contributed by atoms with Crippen molar-refractivity contribution in [3.63, 3.8) is 0 Å². The number of rotatable bonds is 5. The van der Waals surface area contributed by atoms with Gasteiger partial charge in [-0.1, -0.05) is 0 Å². The maximum absolute atomic E-state index is 5.26. The van der Waals surface area contributed by atoms with Crippen LogP contribution in [-0.4, -0.2) is 40.1 Å². The number of nitrogens with zero attached hydrogens (tertiary/aromatic N) is 3. The fourth-order valence-corrected chi connectivity index (χ4v) is 3.43. The molecule has 7 heteroatoms. The highest BCUT2D eigenvalue weighted by atomic mass is 16.5. The van der Waals surface area contributed by atoms with Gasteiger partial charge in [0.2, 0.25) is 0 Å². The first-order valence-electron chi connectivity index (χ1n) is 9.04. The van der Waals surface area contributed by atoms with Crippen molar-refractivity contribution >= 4 is 16.9 Å². The van der Waals surface area contributed by atoms with Crippen LogP contribution in [-0.2, 0) is 6.54 Å².